The molecule has 0 aromatic carbocycles. The van der Waals surface area contributed by atoms with Gasteiger partial charge >= 0.3 is 0 Å². The highest BCUT2D eigenvalue weighted by molar-refractivity contribution is 5.48. The molecule has 0 bridgehead atoms. The average molecular weight is 244 g/mol. The summed E-state index contributed by atoms with van der Waals surface area (Å²) in [6.07, 6.45) is 8.24. The Morgan fingerprint density at radius 3 is 2.94 bits per heavy atom. The molecule has 0 fully saturated rings. The first-order valence-corrected chi connectivity index (χ1v) is 5.83. The molecule has 0 unspecified atom stereocenters. The van der Waals surface area contributed by atoms with Crippen molar-refractivity contribution in [3.63, 3.8) is 0 Å². The number of nitrogens with one attached hydrogen (secondary N) is 1. The van der Waals surface area contributed by atoms with Gasteiger partial charge in [-0.1, -0.05) is 0 Å². The van der Waals surface area contributed by atoms with Crippen molar-refractivity contribution in [1.29, 1.82) is 0 Å². The summed E-state index contributed by atoms with van der Waals surface area (Å²) in [6.45, 7) is 0. The molecule has 0 saturated carbocycles. The Morgan fingerprint density at radius 1 is 1.33 bits per heavy atom. The molecule has 2 heterocycles. The minimum absolute atomic E-state index is 0.0348. The Hall–Kier alpha value is -2.17. The molecule has 1 N–H and O–H groups in total. The highest BCUT2D eigenvalue weighted by Crippen LogP contribution is 2.14. The van der Waals surface area contributed by atoms with Crippen LogP contribution in [0.4, 0.5) is 5.69 Å². The molecule has 0 aliphatic heterocycles. The molecular formula is C13H16N4O. The van der Waals surface area contributed by atoms with Gasteiger partial charge in [0.15, 0.2) is 0 Å². The van der Waals surface area contributed by atoms with Gasteiger partial charge in [-0.15, -0.1) is 0 Å². The summed E-state index contributed by atoms with van der Waals surface area (Å²) in [5.74, 6) is 0. The third-order valence-electron chi connectivity index (χ3n) is 2.89. The third kappa shape index (κ3) is 2.56. The molecule has 0 atom stereocenters. The van der Waals surface area contributed by atoms with Crippen LogP contribution in [0.2, 0.25) is 0 Å². The van der Waals surface area contributed by atoms with Gasteiger partial charge in [0, 0.05) is 44.6 Å². The first-order valence-electron chi connectivity index (χ1n) is 5.83. The van der Waals surface area contributed by atoms with Gasteiger partial charge < -0.3 is 9.88 Å². The highest BCUT2D eigenvalue weighted by Gasteiger charge is 2.05. The van der Waals surface area contributed by atoms with Crippen LogP contribution in [0.1, 0.15) is 11.3 Å². The maximum absolute atomic E-state index is 11.8. The zero-order chi connectivity index (χ0) is 13.0. The van der Waals surface area contributed by atoms with Crippen molar-refractivity contribution in [2.75, 3.05) is 12.4 Å². The molecule has 2 aromatic rings. The van der Waals surface area contributed by atoms with Gasteiger partial charge in [-0.2, -0.15) is 0 Å². The molecule has 0 aliphatic carbocycles. The number of hydrogen-bond donors (Lipinski definition) is 1. The van der Waals surface area contributed by atoms with E-state index in [9.17, 15) is 4.79 Å². The first-order chi connectivity index (χ1) is 8.72. The van der Waals surface area contributed by atoms with Gasteiger partial charge in [0.2, 0.25) is 0 Å². The van der Waals surface area contributed by atoms with Crippen molar-refractivity contribution in [3.8, 4) is 0 Å². The summed E-state index contributed by atoms with van der Waals surface area (Å²) < 4.78 is 1.55. The average Bonchev–Trinajstić information content (AvgIpc) is 2.41. The van der Waals surface area contributed by atoms with E-state index in [2.05, 4.69) is 15.3 Å². The quantitative estimate of drug-likeness (QED) is 0.871. The second kappa shape index (κ2) is 5.44. The van der Waals surface area contributed by atoms with E-state index >= 15 is 0 Å². The van der Waals surface area contributed by atoms with Crippen LogP contribution in [-0.4, -0.2) is 21.6 Å². The van der Waals surface area contributed by atoms with Crippen LogP contribution in [0.15, 0.2) is 35.6 Å². The summed E-state index contributed by atoms with van der Waals surface area (Å²) in [7, 11) is 3.61. The predicted molar refractivity (Wildman–Crippen MR) is 70.7 cm³/mol. The second-order valence-corrected chi connectivity index (χ2v) is 4.07. The fraction of sp³-hybridized carbons (Fsp3) is 0.308. The van der Waals surface area contributed by atoms with Crippen molar-refractivity contribution in [2.24, 2.45) is 7.05 Å². The fourth-order valence-corrected chi connectivity index (χ4v) is 1.84. The van der Waals surface area contributed by atoms with Crippen molar-refractivity contribution >= 4 is 5.69 Å². The van der Waals surface area contributed by atoms with E-state index < -0.39 is 0 Å². The monoisotopic (exact) mass is 244 g/mol. The lowest BCUT2D eigenvalue weighted by atomic mass is 10.1. The SMILES string of the molecule is CNc1ccncc1CCc1nccn(C)c1=O. The predicted octanol–water partition coefficient (Wildman–Crippen LogP) is 1.00. The molecule has 18 heavy (non-hydrogen) atoms. The molecule has 2 aromatic heterocycles. The normalized spacial score (nSPS) is 10.3. The number of anilines is 1. The largest absolute Gasteiger partial charge is 0.388 e. The first kappa shape index (κ1) is 12.3. The number of aromatic nitrogens is 3. The van der Waals surface area contributed by atoms with Gasteiger partial charge in [-0.25, -0.2) is 0 Å². The molecule has 0 aliphatic rings. The van der Waals surface area contributed by atoms with Crippen LogP contribution in [-0.2, 0) is 19.9 Å². The van der Waals surface area contributed by atoms with E-state index in [1.807, 2.05) is 19.3 Å². The second-order valence-electron chi connectivity index (χ2n) is 4.07. The zero-order valence-corrected chi connectivity index (χ0v) is 10.6. The standard InChI is InChI=1S/C13H16N4O/c1-14-11-5-6-15-9-10(11)3-4-12-13(18)17(2)8-7-16-12/h5-9H,3-4H2,1-2H3,(H,14,15). The Morgan fingerprint density at radius 2 is 2.17 bits per heavy atom. The topological polar surface area (TPSA) is 59.8 Å². The number of nitrogens with zero attached hydrogens (tertiary/aromatic N) is 3. The Kier molecular flexibility index (Phi) is 3.72. The van der Waals surface area contributed by atoms with Crippen LogP contribution in [0.25, 0.3) is 0 Å². The molecule has 94 valence electrons. The van der Waals surface area contributed by atoms with Crippen molar-refractivity contribution in [2.45, 2.75) is 12.8 Å². The molecule has 0 saturated heterocycles. The summed E-state index contributed by atoms with van der Waals surface area (Å²) >= 11 is 0. The van der Waals surface area contributed by atoms with Gasteiger partial charge in [0.1, 0.15) is 5.69 Å². The van der Waals surface area contributed by atoms with Crippen molar-refractivity contribution in [3.05, 3.63) is 52.5 Å². The van der Waals surface area contributed by atoms with Crippen LogP contribution in [0, 0.1) is 0 Å². The maximum Gasteiger partial charge on any atom is 0.271 e. The van der Waals surface area contributed by atoms with E-state index in [1.165, 1.54) is 0 Å². The molecule has 5 heteroatoms. The van der Waals surface area contributed by atoms with E-state index in [-0.39, 0.29) is 5.56 Å². The summed E-state index contributed by atoms with van der Waals surface area (Å²) in [6, 6.07) is 1.92. The van der Waals surface area contributed by atoms with Crippen LogP contribution in [0.5, 0.6) is 0 Å². The minimum Gasteiger partial charge on any atom is -0.388 e. The lowest BCUT2D eigenvalue weighted by Crippen LogP contribution is -2.22. The third-order valence-corrected chi connectivity index (χ3v) is 2.89. The number of pyridine rings is 1. The van der Waals surface area contributed by atoms with E-state index in [0.29, 0.717) is 12.1 Å². The number of rotatable bonds is 4. The zero-order valence-electron chi connectivity index (χ0n) is 10.6. The van der Waals surface area contributed by atoms with Gasteiger partial charge in [0.25, 0.3) is 5.56 Å². The maximum atomic E-state index is 11.8. The molecule has 0 spiro atoms. The van der Waals surface area contributed by atoms with E-state index in [4.69, 9.17) is 0 Å². The molecule has 0 amide bonds. The summed E-state index contributed by atoms with van der Waals surface area (Å²) in [5, 5.41) is 3.11. The Labute approximate surface area is 106 Å². The molecular weight excluding hydrogens is 228 g/mol. The Bertz CT molecular complexity index is 592. The van der Waals surface area contributed by atoms with E-state index in [1.54, 1.807) is 30.2 Å². The van der Waals surface area contributed by atoms with Gasteiger partial charge in [-0.05, 0) is 24.5 Å². The fourth-order valence-electron chi connectivity index (χ4n) is 1.84. The van der Waals surface area contributed by atoms with Crippen LogP contribution < -0.4 is 10.9 Å². The molecule has 2 rings (SSSR count). The summed E-state index contributed by atoms with van der Waals surface area (Å²) in [5.41, 5.74) is 2.68. The summed E-state index contributed by atoms with van der Waals surface area (Å²) in [4.78, 5) is 20.1. The number of hydrogen-bond acceptors (Lipinski definition) is 4. The van der Waals surface area contributed by atoms with Crippen molar-refractivity contribution < 1.29 is 0 Å². The van der Waals surface area contributed by atoms with Gasteiger partial charge in [-0.3, -0.25) is 14.8 Å². The Balaban J connectivity index is 2.17. The van der Waals surface area contributed by atoms with Crippen LogP contribution >= 0.6 is 0 Å². The van der Waals surface area contributed by atoms with E-state index in [0.717, 1.165) is 17.7 Å². The smallest absolute Gasteiger partial charge is 0.271 e. The highest BCUT2D eigenvalue weighted by atomic mass is 16.1. The lowest BCUT2D eigenvalue weighted by molar-refractivity contribution is 0.782. The van der Waals surface area contributed by atoms with Gasteiger partial charge in [0.05, 0.1) is 0 Å². The van der Waals surface area contributed by atoms with Crippen molar-refractivity contribution in [1.82, 2.24) is 14.5 Å². The molecule has 0 radical (unpaired) electrons. The molecule has 5 nitrogen and oxygen atoms in total. The van der Waals surface area contributed by atoms with Crippen LogP contribution in [0.3, 0.4) is 0 Å². The minimum atomic E-state index is -0.0348. The number of aryl methyl sites for hydroxylation is 3. The lowest BCUT2D eigenvalue weighted by Gasteiger charge is -2.07.